The van der Waals surface area contributed by atoms with Crippen LogP contribution < -0.4 is 16.8 Å². The van der Waals surface area contributed by atoms with Crippen molar-refractivity contribution in [2.75, 3.05) is 11.9 Å². The first-order valence-corrected chi connectivity index (χ1v) is 8.81. The van der Waals surface area contributed by atoms with Crippen molar-refractivity contribution < 1.29 is 14.4 Å². The number of rotatable bonds is 3. The van der Waals surface area contributed by atoms with E-state index in [-0.39, 0.29) is 30.2 Å². The zero-order valence-electron chi connectivity index (χ0n) is 15.4. The van der Waals surface area contributed by atoms with Gasteiger partial charge < -0.3 is 21.7 Å². The van der Waals surface area contributed by atoms with Crippen LogP contribution in [0.1, 0.15) is 39.2 Å². The summed E-state index contributed by atoms with van der Waals surface area (Å²) in [5.74, 6) is -1.15. The maximum atomic E-state index is 13.0. The molecule has 0 unspecified atom stereocenters. The standard InChI is InChI=1S/C19H26N4O3/c1-18(2,3)8-12(20)16(25)23-10-19(9-14(23)15(21)24)11-6-4-5-7-13(11)22-17(19)26/h4-7,12,14H,8-10,20H2,1-3H3,(H2,21,24)(H,22,26)/t12-,14-,19-/m0/s1. The number of amides is 3. The van der Waals surface area contributed by atoms with Crippen LogP contribution in [0.3, 0.4) is 0 Å². The molecule has 2 heterocycles. The van der Waals surface area contributed by atoms with Crippen LogP contribution in [0.25, 0.3) is 0 Å². The van der Waals surface area contributed by atoms with E-state index in [2.05, 4.69) is 5.32 Å². The lowest BCUT2D eigenvalue weighted by Crippen LogP contribution is -2.51. The zero-order valence-corrected chi connectivity index (χ0v) is 15.4. The van der Waals surface area contributed by atoms with E-state index in [9.17, 15) is 14.4 Å². The van der Waals surface area contributed by atoms with Crippen molar-refractivity contribution in [1.29, 1.82) is 0 Å². The predicted molar refractivity (Wildman–Crippen MR) is 98.1 cm³/mol. The van der Waals surface area contributed by atoms with E-state index >= 15 is 0 Å². The van der Waals surface area contributed by atoms with Crippen LogP contribution in [0.2, 0.25) is 0 Å². The van der Waals surface area contributed by atoms with E-state index in [1.165, 1.54) is 4.90 Å². The Bertz CT molecular complexity index is 770. The maximum Gasteiger partial charge on any atom is 0.240 e. The van der Waals surface area contributed by atoms with Gasteiger partial charge in [0.1, 0.15) is 6.04 Å². The molecule has 7 heteroatoms. The van der Waals surface area contributed by atoms with Gasteiger partial charge in [0.15, 0.2) is 0 Å². The number of hydrogen-bond acceptors (Lipinski definition) is 4. The molecule has 1 fully saturated rings. The third kappa shape index (κ3) is 2.96. The monoisotopic (exact) mass is 358 g/mol. The van der Waals surface area contributed by atoms with Gasteiger partial charge in [-0.2, -0.15) is 0 Å². The van der Waals surface area contributed by atoms with Gasteiger partial charge in [-0.05, 0) is 29.9 Å². The lowest BCUT2D eigenvalue weighted by atomic mass is 9.79. The van der Waals surface area contributed by atoms with E-state index in [1.54, 1.807) is 0 Å². The summed E-state index contributed by atoms with van der Waals surface area (Å²) in [5, 5.41) is 2.86. The molecule has 1 aromatic rings. The molecule has 1 spiro atoms. The number of nitrogens with zero attached hydrogens (tertiary/aromatic N) is 1. The molecular weight excluding hydrogens is 332 g/mol. The van der Waals surface area contributed by atoms with Gasteiger partial charge in [-0.25, -0.2) is 0 Å². The molecule has 1 saturated heterocycles. The van der Waals surface area contributed by atoms with Crippen molar-refractivity contribution in [3.05, 3.63) is 29.8 Å². The molecular formula is C19H26N4O3. The number of benzene rings is 1. The molecule has 0 saturated carbocycles. The highest BCUT2D eigenvalue weighted by atomic mass is 16.2. The molecule has 0 bridgehead atoms. The predicted octanol–water partition coefficient (Wildman–Crippen LogP) is 0.726. The lowest BCUT2D eigenvalue weighted by Gasteiger charge is -2.29. The summed E-state index contributed by atoms with van der Waals surface area (Å²) in [5.41, 5.74) is 12.1. The SMILES string of the molecule is CC(C)(C)C[C@H](N)C(=O)N1C[C@]2(C[C@H]1C(N)=O)C(=O)Nc1ccccc12. The molecule has 3 amide bonds. The Morgan fingerprint density at radius 2 is 2.00 bits per heavy atom. The summed E-state index contributed by atoms with van der Waals surface area (Å²) >= 11 is 0. The van der Waals surface area contributed by atoms with Crippen LogP contribution in [0.15, 0.2) is 24.3 Å². The fourth-order valence-electron chi connectivity index (χ4n) is 4.08. The molecule has 2 aliphatic rings. The van der Waals surface area contributed by atoms with Crippen molar-refractivity contribution in [3.8, 4) is 0 Å². The quantitative estimate of drug-likeness (QED) is 0.738. The van der Waals surface area contributed by atoms with Gasteiger partial charge in [-0.3, -0.25) is 14.4 Å². The third-order valence-corrected chi connectivity index (χ3v) is 5.24. The molecule has 2 aliphatic heterocycles. The first kappa shape index (κ1) is 18.4. The number of carbonyl (C=O) groups excluding carboxylic acids is 3. The molecule has 1 aromatic carbocycles. The normalized spacial score (nSPS) is 25.9. The lowest BCUT2D eigenvalue weighted by molar-refractivity contribution is -0.139. The Morgan fingerprint density at radius 3 is 2.62 bits per heavy atom. The van der Waals surface area contributed by atoms with Crippen molar-refractivity contribution in [1.82, 2.24) is 4.90 Å². The van der Waals surface area contributed by atoms with Gasteiger partial charge in [0.05, 0.1) is 11.5 Å². The number of nitrogens with one attached hydrogen (secondary N) is 1. The number of nitrogens with two attached hydrogens (primary N) is 2. The minimum atomic E-state index is -0.951. The van der Waals surface area contributed by atoms with E-state index in [4.69, 9.17) is 11.5 Å². The largest absolute Gasteiger partial charge is 0.368 e. The molecule has 5 N–H and O–H groups in total. The van der Waals surface area contributed by atoms with Crippen LogP contribution in [-0.4, -0.2) is 41.2 Å². The number of anilines is 1. The fourth-order valence-corrected chi connectivity index (χ4v) is 4.08. The molecule has 7 nitrogen and oxygen atoms in total. The molecule has 0 aromatic heterocycles. The maximum absolute atomic E-state index is 13.0. The van der Waals surface area contributed by atoms with E-state index in [0.29, 0.717) is 12.1 Å². The molecule has 3 rings (SSSR count). The number of likely N-dealkylation sites (tertiary alicyclic amines) is 1. The van der Waals surface area contributed by atoms with Crippen molar-refractivity contribution in [3.63, 3.8) is 0 Å². The molecule has 3 atom stereocenters. The van der Waals surface area contributed by atoms with Gasteiger partial charge in [-0.1, -0.05) is 39.0 Å². The van der Waals surface area contributed by atoms with Crippen molar-refractivity contribution in [2.45, 2.75) is 51.1 Å². The molecule has 140 valence electrons. The van der Waals surface area contributed by atoms with Crippen LogP contribution in [0.5, 0.6) is 0 Å². The first-order chi connectivity index (χ1) is 12.0. The number of fused-ring (bicyclic) bond motifs is 2. The zero-order chi connectivity index (χ0) is 19.3. The van der Waals surface area contributed by atoms with Crippen LogP contribution >= 0.6 is 0 Å². The Labute approximate surface area is 153 Å². The van der Waals surface area contributed by atoms with Gasteiger partial charge in [0.2, 0.25) is 17.7 Å². The summed E-state index contributed by atoms with van der Waals surface area (Å²) in [7, 11) is 0. The fraction of sp³-hybridized carbons (Fsp3) is 0.526. The number of para-hydroxylation sites is 1. The summed E-state index contributed by atoms with van der Waals surface area (Å²) in [6.07, 6.45) is 0.656. The highest BCUT2D eigenvalue weighted by molar-refractivity contribution is 6.08. The minimum Gasteiger partial charge on any atom is -0.368 e. The average molecular weight is 358 g/mol. The summed E-state index contributed by atoms with van der Waals surface area (Å²) in [6, 6.07) is 5.76. The Kier molecular flexibility index (Phi) is 4.30. The van der Waals surface area contributed by atoms with Gasteiger partial charge in [0, 0.05) is 12.2 Å². The molecule has 0 radical (unpaired) electrons. The van der Waals surface area contributed by atoms with E-state index in [0.717, 1.165) is 5.56 Å². The Hall–Kier alpha value is -2.41. The Morgan fingerprint density at radius 1 is 1.35 bits per heavy atom. The summed E-state index contributed by atoms with van der Waals surface area (Å²) in [4.78, 5) is 39.2. The molecule has 0 aliphatic carbocycles. The van der Waals surface area contributed by atoms with Crippen LogP contribution in [-0.2, 0) is 19.8 Å². The molecule has 26 heavy (non-hydrogen) atoms. The van der Waals surface area contributed by atoms with E-state index in [1.807, 2.05) is 45.0 Å². The number of carbonyl (C=O) groups is 3. The second-order valence-corrected chi connectivity index (χ2v) is 8.54. The second-order valence-electron chi connectivity index (χ2n) is 8.54. The third-order valence-electron chi connectivity index (χ3n) is 5.24. The van der Waals surface area contributed by atoms with E-state index < -0.39 is 23.4 Å². The topological polar surface area (TPSA) is 119 Å². The number of hydrogen-bond donors (Lipinski definition) is 3. The van der Waals surface area contributed by atoms with Gasteiger partial charge in [0.25, 0.3) is 0 Å². The van der Waals surface area contributed by atoms with Crippen molar-refractivity contribution in [2.24, 2.45) is 16.9 Å². The minimum absolute atomic E-state index is 0.111. The second kappa shape index (κ2) is 6.09. The smallest absolute Gasteiger partial charge is 0.240 e. The first-order valence-electron chi connectivity index (χ1n) is 8.81. The van der Waals surface area contributed by atoms with Crippen molar-refractivity contribution >= 4 is 23.4 Å². The van der Waals surface area contributed by atoms with Crippen LogP contribution in [0.4, 0.5) is 5.69 Å². The van der Waals surface area contributed by atoms with Crippen LogP contribution in [0, 0.1) is 5.41 Å². The highest BCUT2D eigenvalue weighted by Gasteiger charge is 2.57. The van der Waals surface area contributed by atoms with Gasteiger partial charge >= 0.3 is 0 Å². The van der Waals surface area contributed by atoms with Gasteiger partial charge in [-0.15, -0.1) is 0 Å². The Balaban J connectivity index is 1.94. The highest BCUT2D eigenvalue weighted by Crippen LogP contribution is 2.46. The summed E-state index contributed by atoms with van der Waals surface area (Å²) < 4.78 is 0. The summed E-state index contributed by atoms with van der Waals surface area (Å²) in [6.45, 7) is 6.10. The number of primary amides is 1. The average Bonchev–Trinajstić information content (AvgIpc) is 3.06.